The fraction of sp³-hybridized carbons (Fsp3) is 0. The second-order valence-electron chi connectivity index (χ2n) is 6.40. The number of nitrogens with zero attached hydrogens (tertiary/aromatic N) is 4. The van der Waals surface area contributed by atoms with Gasteiger partial charge in [0.25, 0.3) is 11.6 Å². The standard InChI is InChI=1S/C21H13Cl2N5O3/c22-15-8-7-13(10-16(15)23)20-11-17(21(29)25-14-4-3-9-24-12-14)26-27(20)18-5-1-2-6-19(18)28(30)31/h1-12H,(H,25,29). The molecule has 4 aromatic rings. The number of halogens is 2. The molecule has 0 atom stereocenters. The van der Waals surface area contributed by atoms with E-state index >= 15 is 0 Å². The van der Waals surface area contributed by atoms with Gasteiger partial charge in [0.2, 0.25) is 0 Å². The van der Waals surface area contributed by atoms with Crippen molar-refractivity contribution in [1.29, 1.82) is 0 Å². The normalized spacial score (nSPS) is 10.6. The second kappa shape index (κ2) is 8.55. The van der Waals surface area contributed by atoms with E-state index in [0.29, 0.717) is 27.0 Å². The summed E-state index contributed by atoms with van der Waals surface area (Å²) in [7, 11) is 0. The molecule has 0 aliphatic heterocycles. The van der Waals surface area contributed by atoms with E-state index in [4.69, 9.17) is 23.2 Å². The molecule has 0 spiro atoms. The van der Waals surface area contributed by atoms with Crippen molar-refractivity contribution in [3.63, 3.8) is 0 Å². The van der Waals surface area contributed by atoms with Gasteiger partial charge in [-0.15, -0.1) is 0 Å². The molecule has 10 heteroatoms. The molecule has 0 saturated carbocycles. The Morgan fingerprint density at radius 3 is 2.55 bits per heavy atom. The van der Waals surface area contributed by atoms with E-state index in [1.54, 1.807) is 54.7 Å². The van der Waals surface area contributed by atoms with Gasteiger partial charge in [0, 0.05) is 17.8 Å². The van der Waals surface area contributed by atoms with Gasteiger partial charge in [-0.3, -0.25) is 19.9 Å². The number of para-hydroxylation sites is 2. The number of aromatic nitrogens is 3. The molecular formula is C21H13Cl2N5O3. The first-order valence-electron chi connectivity index (χ1n) is 8.94. The van der Waals surface area contributed by atoms with Crippen LogP contribution in [0.3, 0.4) is 0 Å². The lowest BCUT2D eigenvalue weighted by Crippen LogP contribution is -2.13. The van der Waals surface area contributed by atoms with Crippen LogP contribution in [0.4, 0.5) is 11.4 Å². The van der Waals surface area contributed by atoms with Crippen LogP contribution in [-0.2, 0) is 0 Å². The number of anilines is 1. The highest BCUT2D eigenvalue weighted by molar-refractivity contribution is 6.42. The summed E-state index contributed by atoms with van der Waals surface area (Å²) in [4.78, 5) is 27.8. The Morgan fingerprint density at radius 2 is 1.84 bits per heavy atom. The zero-order valence-electron chi connectivity index (χ0n) is 15.7. The summed E-state index contributed by atoms with van der Waals surface area (Å²) in [6, 6.07) is 15.9. The van der Waals surface area contributed by atoms with Crippen LogP contribution < -0.4 is 5.32 Å². The van der Waals surface area contributed by atoms with E-state index in [0.717, 1.165) is 0 Å². The van der Waals surface area contributed by atoms with Crippen molar-refractivity contribution in [2.75, 3.05) is 5.32 Å². The predicted octanol–water partition coefficient (Wildman–Crippen LogP) is 5.40. The van der Waals surface area contributed by atoms with Crippen LogP contribution >= 0.6 is 23.2 Å². The maximum absolute atomic E-state index is 12.8. The molecule has 2 aromatic heterocycles. The van der Waals surface area contributed by atoms with Crippen LogP contribution in [0.1, 0.15) is 10.5 Å². The fourth-order valence-corrected chi connectivity index (χ4v) is 3.26. The minimum Gasteiger partial charge on any atom is -0.319 e. The van der Waals surface area contributed by atoms with Crippen LogP contribution in [0.25, 0.3) is 16.9 Å². The number of hydrogen-bond acceptors (Lipinski definition) is 5. The van der Waals surface area contributed by atoms with Gasteiger partial charge >= 0.3 is 0 Å². The molecule has 154 valence electrons. The third-order valence-corrected chi connectivity index (χ3v) is 5.12. The molecule has 31 heavy (non-hydrogen) atoms. The van der Waals surface area contributed by atoms with Crippen LogP contribution in [0, 0.1) is 10.1 Å². The van der Waals surface area contributed by atoms with Crippen LogP contribution in [-0.4, -0.2) is 25.6 Å². The van der Waals surface area contributed by atoms with E-state index in [1.165, 1.54) is 23.0 Å². The molecule has 0 unspecified atom stereocenters. The van der Waals surface area contributed by atoms with Crippen LogP contribution in [0.5, 0.6) is 0 Å². The highest BCUT2D eigenvalue weighted by Gasteiger charge is 2.22. The Morgan fingerprint density at radius 1 is 1.03 bits per heavy atom. The average molecular weight is 454 g/mol. The highest BCUT2D eigenvalue weighted by atomic mass is 35.5. The minimum absolute atomic E-state index is 0.0584. The average Bonchev–Trinajstić information content (AvgIpc) is 3.22. The van der Waals surface area contributed by atoms with Crippen molar-refractivity contribution in [2.45, 2.75) is 0 Å². The number of rotatable bonds is 5. The first-order chi connectivity index (χ1) is 14.9. The van der Waals surface area contributed by atoms with Gasteiger partial charge in [0.1, 0.15) is 5.69 Å². The van der Waals surface area contributed by atoms with Gasteiger partial charge in [-0.05, 0) is 36.4 Å². The molecule has 0 aliphatic carbocycles. The lowest BCUT2D eigenvalue weighted by molar-refractivity contribution is -0.384. The third kappa shape index (κ3) is 4.25. The topological polar surface area (TPSA) is 103 Å². The molecule has 0 bridgehead atoms. The van der Waals surface area contributed by atoms with Gasteiger partial charge in [-0.25, -0.2) is 4.68 Å². The molecule has 2 heterocycles. The maximum atomic E-state index is 12.8. The largest absolute Gasteiger partial charge is 0.319 e. The van der Waals surface area contributed by atoms with Crippen LogP contribution in [0.2, 0.25) is 10.0 Å². The summed E-state index contributed by atoms with van der Waals surface area (Å²) in [6.07, 6.45) is 3.08. The summed E-state index contributed by atoms with van der Waals surface area (Å²) >= 11 is 12.2. The van der Waals surface area contributed by atoms with Gasteiger partial charge in [0.15, 0.2) is 5.69 Å². The van der Waals surface area contributed by atoms with Crippen molar-refractivity contribution in [1.82, 2.24) is 14.8 Å². The van der Waals surface area contributed by atoms with Gasteiger partial charge in [0.05, 0.1) is 32.5 Å². The van der Waals surface area contributed by atoms with Gasteiger partial charge < -0.3 is 5.32 Å². The highest BCUT2D eigenvalue weighted by Crippen LogP contribution is 2.32. The number of nitrogens with one attached hydrogen (secondary N) is 1. The van der Waals surface area contributed by atoms with Crippen molar-refractivity contribution < 1.29 is 9.72 Å². The molecule has 8 nitrogen and oxygen atoms in total. The van der Waals surface area contributed by atoms with E-state index in [2.05, 4.69) is 15.4 Å². The smallest absolute Gasteiger partial charge is 0.294 e. The Kier molecular flexibility index (Phi) is 5.66. The predicted molar refractivity (Wildman–Crippen MR) is 118 cm³/mol. The molecule has 2 aromatic carbocycles. The monoisotopic (exact) mass is 453 g/mol. The summed E-state index contributed by atoms with van der Waals surface area (Å²) in [5, 5.41) is 19.3. The molecule has 0 fully saturated rings. The number of nitro benzene ring substituents is 1. The number of nitro groups is 1. The zero-order chi connectivity index (χ0) is 22.0. The minimum atomic E-state index is -0.509. The number of benzene rings is 2. The fourth-order valence-electron chi connectivity index (χ4n) is 2.97. The number of hydrogen-bond donors (Lipinski definition) is 1. The van der Waals surface area contributed by atoms with Crippen molar-refractivity contribution in [3.05, 3.63) is 98.9 Å². The number of pyridine rings is 1. The Hall–Kier alpha value is -3.75. The zero-order valence-corrected chi connectivity index (χ0v) is 17.2. The molecule has 1 N–H and O–H groups in total. The lowest BCUT2D eigenvalue weighted by Gasteiger charge is -2.09. The summed E-state index contributed by atoms with van der Waals surface area (Å²) < 4.78 is 1.34. The quantitative estimate of drug-likeness (QED) is 0.321. The SMILES string of the molecule is O=C(Nc1cccnc1)c1cc(-c2ccc(Cl)c(Cl)c2)n(-c2ccccc2[N+](=O)[O-])n1. The van der Waals surface area contributed by atoms with Crippen molar-refractivity contribution in [2.24, 2.45) is 0 Å². The maximum Gasteiger partial charge on any atom is 0.294 e. The summed E-state index contributed by atoms with van der Waals surface area (Å²) in [5.74, 6) is -0.494. The molecule has 0 aliphatic rings. The summed E-state index contributed by atoms with van der Waals surface area (Å²) in [6.45, 7) is 0. The Balaban J connectivity index is 1.85. The lowest BCUT2D eigenvalue weighted by atomic mass is 10.1. The van der Waals surface area contributed by atoms with E-state index < -0.39 is 10.8 Å². The number of carbonyl (C=O) groups is 1. The summed E-state index contributed by atoms with van der Waals surface area (Å²) in [5.41, 5.74) is 1.61. The second-order valence-corrected chi connectivity index (χ2v) is 7.21. The number of carbonyl (C=O) groups excluding carboxylic acids is 1. The molecular weight excluding hydrogens is 441 g/mol. The van der Waals surface area contributed by atoms with E-state index in [9.17, 15) is 14.9 Å². The Bertz CT molecular complexity index is 1290. The van der Waals surface area contributed by atoms with Crippen LogP contribution in [0.15, 0.2) is 73.1 Å². The van der Waals surface area contributed by atoms with Crippen molar-refractivity contribution >= 4 is 40.5 Å². The third-order valence-electron chi connectivity index (χ3n) is 4.38. The Labute approximate surface area is 186 Å². The first kappa shape index (κ1) is 20.5. The number of amides is 1. The van der Waals surface area contributed by atoms with Crippen molar-refractivity contribution in [3.8, 4) is 16.9 Å². The van der Waals surface area contributed by atoms with Gasteiger partial charge in [-0.2, -0.15) is 5.10 Å². The van der Waals surface area contributed by atoms with Gasteiger partial charge in [-0.1, -0.05) is 41.4 Å². The molecule has 0 saturated heterocycles. The first-order valence-corrected chi connectivity index (χ1v) is 9.70. The molecule has 1 amide bonds. The molecule has 4 rings (SSSR count). The van der Waals surface area contributed by atoms with E-state index in [-0.39, 0.29) is 17.1 Å². The van der Waals surface area contributed by atoms with E-state index in [1.807, 2.05) is 0 Å². The molecule has 0 radical (unpaired) electrons.